The fraction of sp³-hybridized carbons (Fsp3) is 0.261. The lowest BCUT2D eigenvalue weighted by Gasteiger charge is -2.35. The number of aromatic nitrogens is 2. The molecule has 0 fully saturated rings. The summed E-state index contributed by atoms with van der Waals surface area (Å²) in [6.45, 7) is 3.81. The van der Waals surface area contributed by atoms with Gasteiger partial charge in [0.25, 0.3) is 11.5 Å². The van der Waals surface area contributed by atoms with Crippen molar-refractivity contribution in [3.63, 3.8) is 0 Å². The molecule has 0 N–H and O–H groups in total. The highest BCUT2D eigenvalue weighted by Gasteiger charge is 2.32. The van der Waals surface area contributed by atoms with E-state index >= 15 is 0 Å². The van der Waals surface area contributed by atoms with Gasteiger partial charge in [0.15, 0.2) is 11.4 Å². The Labute approximate surface area is 173 Å². The normalized spacial score (nSPS) is 15.6. The van der Waals surface area contributed by atoms with Crippen molar-refractivity contribution in [2.24, 2.45) is 0 Å². The molecule has 0 aliphatic carbocycles. The fourth-order valence-corrected chi connectivity index (χ4v) is 3.86. The Balaban J connectivity index is 1.86. The first-order valence-corrected chi connectivity index (χ1v) is 9.77. The quantitative estimate of drug-likeness (QED) is 0.665. The Hall–Kier alpha value is -3.48. The van der Waals surface area contributed by atoms with Crippen molar-refractivity contribution in [3.8, 4) is 11.4 Å². The second kappa shape index (κ2) is 7.74. The van der Waals surface area contributed by atoms with Crippen molar-refractivity contribution in [3.05, 3.63) is 81.5 Å². The summed E-state index contributed by atoms with van der Waals surface area (Å²) in [5.41, 5.74) is 2.50. The van der Waals surface area contributed by atoms with Crippen LogP contribution in [0.1, 0.15) is 35.0 Å². The minimum Gasteiger partial charge on any atom is -0.494 e. The molecule has 154 valence electrons. The van der Waals surface area contributed by atoms with E-state index in [9.17, 15) is 14.0 Å². The summed E-state index contributed by atoms with van der Waals surface area (Å²) in [5, 5.41) is 4.39. The van der Waals surface area contributed by atoms with E-state index < -0.39 is 11.5 Å². The number of methoxy groups -OCH3 is 1. The predicted octanol–water partition coefficient (Wildman–Crippen LogP) is 3.67. The molecule has 1 atom stereocenters. The molecule has 0 bridgehead atoms. The molecule has 1 aromatic heterocycles. The summed E-state index contributed by atoms with van der Waals surface area (Å²) in [4.78, 5) is 27.9. The Bertz CT molecular complexity index is 1190. The maximum absolute atomic E-state index is 13.7. The van der Waals surface area contributed by atoms with Crippen LogP contribution in [0.3, 0.4) is 0 Å². The van der Waals surface area contributed by atoms with Crippen LogP contribution in [0.25, 0.3) is 5.69 Å². The number of aryl methyl sites for hydroxylation is 2. The number of para-hydroxylation sites is 1. The molecular weight excluding hydrogens is 385 g/mol. The summed E-state index contributed by atoms with van der Waals surface area (Å²) >= 11 is 0. The zero-order valence-electron chi connectivity index (χ0n) is 17.1. The number of nitrogens with zero attached hydrogens (tertiary/aromatic N) is 3. The second-order valence-corrected chi connectivity index (χ2v) is 7.43. The molecule has 3 aromatic rings. The van der Waals surface area contributed by atoms with Crippen LogP contribution in [-0.2, 0) is 6.42 Å². The number of hydrogen-bond donors (Lipinski definition) is 0. The van der Waals surface area contributed by atoms with Crippen LogP contribution < -0.4 is 15.2 Å². The van der Waals surface area contributed by atoms with E-state index in [-0.39, 0.29) is 23.3 Å². The molecule has 30 heavy (non-hydrogen) atoms. The average molecular weight is 407 g/mol. The largest absolute Gasteiger partial charge is 0.494 e. The summed E-state index contributed by atoms with van der Waals surface area (Å²) in [6, 6.07) is 12.9. The van der Waals surface area contributed by atoms with Crippen molar-refractivity contribution in [1.29, 1.82) is 0 Å². The first-order chi connectivity index (χ1) is 14.4. The zero-order valence-corrected chi connectivity index (χ0v) is 17.1. The molecule has 0 spiro atoms. The van der Waals surface area contributed by atoms with Crippen molar-refractivity contribution in [2.75, 3.05) is 12.0 Å². The highest BCUT2D eigenvalue weighted by molar-refractivity contribution is 6.07. The molecule has 7 heteroatoms. The van der Waals surface area contributed by atoms with E-state index in [1.54, 1.807) is 23.1 Å². The SMILES string of the molecule is COc1cc(=O)n(-c2ccccc2C)nc1C(=O)N1c2ccc(F)cc2CC[C@@H]1C. The van der Waals surface area contributed by atoms with Crippen LogP contribution in [0.5, 0.6) is 5.75 Å². The molecular formula is C23H22FN3O3. The molecule has 6 nitrogen and oxygen atoms in total. The Kier molecular flexibility index (Phi) is 5.11. The van der Waals surface area contributed by atoms with Gasteiger partial charge in [0.1, 0.15) is 5.82 Å². The van der Waals surface area contributed by atoms with E-state index in [2.05, 4.69) is 5.10 Å². The standard InChI is InChI=1S/C23H22FN3O3/c1-14-6-4-5-7-18(14)27-21(28)13-20(30-3)22(25-27)23(29)26-15(2)8-9-16-12-17(24)10-11-19(16)26/h4-7,10-13,15H,8-9H2,1-3H3/t15-/m0/s1. The van der Waals surface area contributed by atoms with Crippen LogP contribution in [0, 0.1) is 12.7 Å². The molecule has 1 aliphatic rings. The van der Waals surface area contributed by atoms with Gasteiger partial charge in [-0.3, -0.25) is 9.59 Å². The lowest BCUT2D eigenvalue weighted by Crippen LogP contribution is -2.43. The number of carbonyl (C=O) groups excluding carboxylic acids is 1. The number of ether oxygens (including phenoxy) is 1. The lowest BCUT2D eigenvalue weighted by molar-refractivity contribution is 0.0965. The number of rotatable bonds is 3. The van der Waals surface area contributed by atoms with Gasteiger partial charge in [-0.15, -0.1) is 0 Å². The van der Waals surface area contributed by atoms with Crippen LogP contribution in [0.15, 0.2) is 53.3 Å². The molecule has 2 aromatic carbocycles. The van der Waals surface area contributed by atoms with Gasteiger partial charge < -0.3 is 9.64 Å². The number of anilines is 1. The van der Waals surface area contributed by atoms with Crippen LogP contribution in [-0.4, -0.2) is 28.8 Å². The summed E-state index contributed by atoms with van der Waals surface area (Å²) in [5.74, 6) is -0.620. The Morgan fingerprint density at radius 3 is 2.67 bits per heavy atom. The fourth-order valence-electron chi connectivity index (χ4n) is 3.86. The van der Waals surface area contributed by atoms with Crippen molar-refractivity contribution < 1.29 is 13.9 Å². The van der Waals surface area contributed by atoms with E-state index in [0.29, 0.717) is 24.2 Å². The third kappa shape index (κ3) is 3.36. The predicted molar refractivity (Wildman–Crippen MR) is 112 cm³/mol. The minimum absolute atomic E-state index is 0.0318. The number of halogens is 1. The number of amides is 1. The van der Waals surface area contributed by atoms with E-state index in [1.807, 2.05) is 26.0 Å². The van der Waals surface area contributed by atoms with E-state index in [4.69, 9.17) is 4.74 Å². The number of carbonyl (C=O) groups is 1. The maximum atomic E-state index is 13.7. The molecule has 1 aliphatic heterocycles. The Morgan fingerprint density at radius 1 is 1.17 bits per heavy atom. The van der Waals surface area contributed by atoms with Crippen molar-refractivity contribution in [1.82, 2.24) is 9.78 Å². The topological polar surface area (TPSA) is 64.4 Å². The van der Waals surface area contributed by atoms with Gasteiger partial charge in [-0.2, -0.15) is 9.78 Å². The molecule has 0 unspecified atom stereocenters. The third-order valence-electron chi connectivity index (χ3n) is 5.45. The first kappa shape index (κ1) is 19.8. The smallest absolute Gasteiger partial charge is 0.282 e. The maximum Gasteiger partial charge on any atom is 0.282 e. The van der Waals surface area contributed by atoms with Gasteiger partial charge in [-0.05, 0) is 62.1 Å². The van der Waals surface area contributed by atoms with Crippen molar-refractivity contribution in [2.45, 2.75) is 32.7 Å². The molecule has 1 amide bonds. The number of hydrogen-bond acceptors (Lipinski definition) is 4. The number of benzene rings is 2. The molecule has 4 rings (SSSR count). The lowest BCUT2D eigenvalue weighted by atomic mass is 9.96. The molecule has 2 heterocycles. The van der Waals surface area contributed by atoms with Gasteiger partial charge in [-0.1, -0.05) is 18.2 Å². The minimum atomic E-state index is -0.396. The van der Waals surface area contributed by atoms with Crippen LogP contribution >= 0.6 is 0 Å². The van der Waals surface area contributed by atoms with Gasteiger partial charge in [0.05, 0.1) is 18.9 Å². The van der Waals surface area contributed by atoms with Crippen LogP contribution in [0.4, 0.5) is 10.1 Å². The Morgan fingerprint density at radius 2 is 1.93 bits per heavy atom. The van der Waals surface area contributed by atoms with Crippen molar-refractivity contribution >= 4 is 11.6 Å². The zero-order chi connectivity index (χ0) is 21.4. The molecule has 0 saturated heterocycles. The summed E-state index contributed by atoms with van der Waals surface area (Å²) < 4.78 is 20.2. The van der Waals surface area contributed by atoms with Gasteiger partial charge in [0.2, 0.25) is 0 Å². The van der Waals surface area contributed by atoms with Gasteiger partial charge in [-0.25, -0.2) is 4.39 Å². The van der Waals surface area contributed by atoms with Gasteiger partial charge in [0, 0.05) is 11.7 Å². The van der Waals surface area contributed by atoms with Gasteiger partial charge >= 0.3 is 0 Å². The third-order valence-corrected chi connectivity index (χ3v) is 5.45. The van der Waals surface area contributed by atoms with Crippen LogP contribution in [0.2, 0.25) is 0 Å². The average Bonchev–Trinajstić information content (AvgIpc) is 2.73. The first-order valence-electron chi connectivity index (χ1n) is 9.77. The van der Waals surface area contributed by atoms with E-state index in [0.717, 1.165) is 11.1 Å². The molecule has 0 saturated carbocycles. The highest BCUT2D eigenvalue weighted by atomic mass is 19.1. The summed E-state index contributed by atoms with van der Waals surface area (Å²) in [7, 11) is 1.40. The monoisotopic (exact) mass is 407 g/mol. The number of fused-ring (bicyclic) bond motifs is 1. The second-order valence-electron chi connectivity index (χ2n) is 7.43. The molecule has 0 radical (unpaired) electrons. The van der Waals surface area contributed by atoms with E-state index in [1.165, 1.54) is 30.0 Å². The summed E-state index contributed by atoms with van der Waals surface area (Å²) in [6.07, 6.45) is 1.38. The highest BCUT2D eigenvalue weighted by Crippen LogP contribution is 2.33.